The number of hydrogen-bond acceptors (Lipinski definition) is 5. The maximum atomic E-state index is 12.7. The van der Waals surface area contributed by atoms with Crippen molar-refractivity contribution in [2.45, 2.75) is 31.1 Å². The zero-order valence-corrected chi connectivity index (χ0v) is 16.0. The molecule has 8 heteroatoms. The Bertz CT molecular complexity index is 911. The maximum Gasteiger partial charge on any atom is 0.265 e. The van der Waals surface area contributed by atoms with Crippen LogP contribution in [0.15, 0.2) is 40.6 Å². The number of benzene rings is 1. The standard InChI is InChI=1S/C18H20N2O4S2/c1-13(21)14-5-7-15(8-6-14)19-18(22)17-11-16(12-25-17)26(23,24)20-9-3-2-4-10-20/h5-8,11-12H,2-4,9-10H2,1H3,(H,19,22). The molecule has 3 rings (SSSR count). The smallest absolute Gasteiger partial charge is 0.265 e. The van der Waals surface area contributed by atoms with Crippen molar-refractivity contribution >= 4 is 38.7 Å². The second-order valence-corrected chi connectivity index (χ2v) is 9.05. The first-order valence-electron chi connectivity index (χ1n) is 8.39. The van der Waals surface area contributed by atoms with Crippen molar-refractivity contribution in [3.8, 4) is 0 Å². The number of nitrogens with one attached hydrogen (secondary N) is 1. The van der Waals surface area contributed by atoms with Gasteiger partial charge in [-0.2, -0.15) is 4.31 Å². The number of anilines is 1. The fourth-order valence-electron chi connectivity index (χ4n) is 2.81. The highest BCUT2D eigenvalue weighted by Gasteiger charge is 2.27. The van der Waals surface area contributed by atoms with Gasteiger partial charge in [-0.3, -0.25) is 9.59 Å². The van der Waals surface area contributed by atoms with Gasteiger partial charge in [0.1, 0.15) is 0 Å². The summed E-state index contributed by atoms with van der Waals surface area (Å²) < 4.78 is 26.8. The highest BCUT2D eigenvalue weighted by atomic mass is 32.2. The van der Waals surface area contributed by atoms with E-state index in [0.717, 1.165) is 30.6 Å². The minimum absolute atomic E-state index is 0.0475. The second kappa shape index (κ2) is 7.69. The van der Waals surface area contributed by atoms with Gasteiger partial charge in [-0.05, 0) is 50.1 Å². The van der Waals surface area contributed by atoms with Crippen LogP contribution >= 0.6 is 11.3 Å². The number of thiophene rings is 1. The van der Waals surface area contributed by atoms with Crippen LogP contribution in [0.3, 0.4) is 0 Å². The predicted molar refractivity (Wildman–Crippen MR) is 101 cm³/mol. The molecule has 0 bridgehead atoms. The van der Waals surface area contributed by atoms with E-state index in [1.807, 2.05) is 0 Å². The Kier molecular flexibility index (Phi) is 5.55. The summed E-state index contributed by atoms with van der Waals surface area (Å²) in [5.41, 5.74) is 1.11. The Hall–Kier alpha value is -2.03. The molecule has 0 saturated carbocycles. The Labute approximate surface area is 156 Å². The zero-order valence-electron chi connectivity index (χ0n) is 14.4. The van der Waals surface area contributed by atoms with Crippen LogP contribution in [0.5, 0.6) is 0 Å². The van der Waals surface area contributed by atoms with Crippen LogP contribution in [0, 0.1) is 0 Å². The van der Waals surface area contributed by atoms with E-state index in [2.05, 4.69) is 5.32 Å². The van der Waals surface area contributed by atoms with Crippen molar-refractivity contribution in [3.63, 3.8) is 0 Å². The Morgan fingerprint density at radius 3 is 2.35 bits per heavy atom. The lowest BCUT2D eigenvalue weighted by atomic mass is 10.1. The Morgan fingerprint density at radius 1 is 1.08 bits per heavy atom. The highest BCUT2D eigenvalue weighted by molar-refractivity contribution is 7.89. The molecule has 0 unspecified atom stereocenters. The molecule has 1 amide bonds. The van der Waals surface area contributed by atoms with Gasteiger partial charge in [0.05, 0.1) is 9.77 Å². The normalized spacial score (nSPS) is 15.6. The van der Waals surface area contributed by atoms with Crippen LogP contribution in [0.4, 0.5) is 5.69 Å². The van der Waals surface area contributed by atoms with Crippen molar-refractivity contribution < 1.29 is 18.0 Å². The Morgan fingerprint density at radius 2 is 1.73 bits per heavy atom. The average Bonchev–Trinajstić information content (AvgIpc) is 3.14. The molecule has 0 atom stereocenters. The van der Waals surface area contributed by atoms with E-state index in [4.69, 9.17) is 0 Å². The van der Waals surface area contributed by atoms with Crippen LogP contribution in [-0.4, -0.2) is 37.5 Å². The van der Waals surface area contributed by atoms with E-state index >= 15 is 0 Å². The van der Waals surface area contributed by atoms with Crippen LogP contribution in [0.2, 0.25) is 0 Å². The molecule has 0 radical (unpaired) electrons. The third-order valence-corrected chi connectivity index (χ3v) is 7.26. The van der Waals surface area contributed by atoms with Gasteiger partial charge in [-0.25, -0.2) is 8.42 Å². The zero-order chi connectivity index (χ0) is 18.7. The maximum absolute atomic E-state index is 12.7. The first-order valence-corrected chi connectivity index (χ1v) is 10.7. The molecular weight excluding hydrogens is 372 g/mol. The van der Waals surface area contributed by atoms with Crippen LogP contribution in [0.1, 0.15) is 46.2 Å². The van der Waals surface area contributed by atoms with Gasteiger partial charge < -0.3 is 5.32 Å². The van der Waals surface area contributed by atoms with E-state index in [1.165, 1.54) is 22.7 Å². The summed E-state index contributed by atoms with van der Waals surface area (Å²) in [6, 6.07) is 7.99. The minimum Gasteiger partial charge on any atom is -0.321 e. The number of ketones is 1. The highest BCUT2D eigenvalue weighted by Crippen LogP contribution is 2.25. The molecule has 1 aliphatic heterocycles. The number of carbonyl (C=O) groups is 2. The quantitative estimate of drug-likeness (QED) is 0.791. The summed E-state index contributed by atoms with van der Waals surface area (Å²) >= 11 is 1.10. The number of piperidine rings is 1. The van der Waals surface area contributed by atoms with E-state index < -0.39 is 10.0 Å². The van der Waals surface area contributed by atoms with E-state index in [9.17, 15) is 18.0 Å². The number of hydrogen-bond donors (Lipinski definition) is 1. The molecule has 0 spiro atoms. The van der Waals surface area contributed by atoms with Crippen molar-refractivity contribution in [3.05, 3.63) is 46.2 Å². The molecule has 1 aliphatic rings. The molecule has 2 aromatic rings. The molecular formula is C18H20N2O4S2. The fraction of sp³-hybridized carbons (Fsp3) is 0.333. The van der Waals surface area contributed by atoms with Gasteiger partial charge in [0.2, 0.25) is 10.0 Å². The first kappa shape index (κ1) is 18.8. The lowest BCUT2D eigenvalue weighted by Gasteiger charge is -2.25. The molecule has 2 heterocycles. The number of nitrogens with zero attached hydrogens (tertiary/aromatic N) is 1. The van der Waals surface area contributed by atoms with Crippen LogP contribution in [0.25, 0.3) is 0 Å². The molecule has 1 fully saturated rings. The topological polar surface area (TPSA) is 83.5 Å². The molecule has 1 saturated heterocycles. The summed E-state index contributed by atoms with van der Waals surface area (Å²) in [4.78, 5) is 24.2. The van der Waals surface area contributed by atoms with Crippen molar-refractivity contribution in [2.75, 3.05) is 18.4 Å². The van der Waals surface area contributed by atoms with Gasteiger partial charge in [0.25, 0.3) is 5.91 Å². The van der Waals surface area contributed by atoms with E-state index in [0.29, 0.717) is 29.2 Å². The molecule has 6 nitrogen and oxygen atoms in total. The number of sulfonamides is 1. The molecule has 1 aromatic carbocycles. The summed E-state index contributed by atoms with van der Waals surface area (Å²) in [6.07, 6.45) is 2.78. The molecule has 138 valence electrons. The Balaban J connectivity index is 1.72. The van der Waals surface area contributed by atoms with Gasteiger partial charge in [0, 0.05) is 29.7 Å². The van der Waals surface area contributed by atoms with Crippen molar-refractivity contribution in [2.24, 2.45) is 0 Å². The SMILES string of the molecule is CC(=O)c1ccc(NC(=O)c2cc(S(=O)(=O)N3CCCCC3)cs2)cc1. The predicted octanol–water partition coefficient (Wildman–Crippen LogP) is 3.38. The van der Waals surface area contributed by atoms with Crippen LogP contribution < -0.4 is 5.32 Å². The van der Waals surface area contributed by atoms with Gasteiger partial charge in [0.15, 0.2) is 5.78 Å². The van der Waals surface area contributed by atoms with Crippen molar-refractivity contribution in [1.82, 2.24) is 4.31 Å². The first-order chi connectivity index (χ1) is 12.4. The summed E-state index contributed by atoms with van der Waals surface area (Å²) in [6.45, 7) is 2.54. The van der Waals surface area contributed by atoms with Gasteiger partial charge in [-0.15, -0.1) is 11.3 Å². The summed E-state index contributed by atoms with van der Waals surface area (Å²) in [5, 5.41) is 4.23. The summed E-state index contributed by atoms with van der Waals surface area (Å²) in [5.74, 6) is -0.417. The number of Topliss-reactive ketones (excluding diaryl/α,β-unsaturated/α-hetero) is 1. The second-order valence-electron chi connectivity index (χ2n) is 6.20. The third kappa shape index (κ3) is 4.03. The number of carbonyl (C=O) groups excluding carboxylic acids is 2. The lowest BCUT2D eigenvalue weighted by molar-refractivity contribution is 0.101. The monoisotopic (exact) mass is 392 g/mol. The fourth-order valence-corrected chi connectivity index (χ4v) is 5.48. The number of rotatable bonds is 5. The number of amides is 1. The minimum atomic E-state index is -3.54. The molecule has 1 aromatic heterocycles. The molecule has 26 heavy (non-hydrogen) atoms. The average molecular weight is 393 g/mol. The van der Waals surface area contributed by atoms with Crippen LogP contribution in [-0.2, 0) is 10.0 Å². The lowest BCUT2D eigenvalue weighted by Crippen LogP contribution is -2.35. The van der Waals surface area contributed by atoms with E-state index in [-0.39, 0.29) is 16.6 Å². The third-order valence-electron chi connectivity index (χ3n) is 4.30. The molecule has 0 aliphatic carbocycles. The summed E-state index contributed by atoms with van der Waals surface area (Å²) in [7, 11) is -3.54. The largest absolute Gasteiger partial charge is 0.321 e. The van der Waals surface area contributed by atoms with Crippen molar-refractivity contribution in [1.29, 1.82) is 0 Å². The van der Waals surface area contributed by atoms with Gasteiger partial charge >= 0.3 is 0 Å². The van der Waals surface area contributed by atoms with Gasteiger partial charge in [-0.1, -0.05) is 6.42 Å². The van der Waals surface area contributed by atoms with E-state index in [1.54, 1.807) is 24.3 Å². The molecule has 1 N–H and O–H groups in total.